The summed E-state index contributed by atoms with van der Waals surface area (Å²) in [7, 11) is 0. The van der Waals surface area contributed by atoms with Crippen LogP contribution in [0.1, 0.15) is 69.2 Å². The van der Waals surface area contributed by atoms with Gasteiger partial charge in [0.25, 0.3) is 0 Å². The van der Waals surface area contributed by atoms with Gasteiger partial charge >= 0.3 is 11.7 Å². The highest BCUT2D eigenvalue weighted by Crippen LogP contribution is 2.27. The SMILES string of the molecule is CCOc1ccc(-c2cccc(CCCc3nn(Cc4ccc(C(C)(C)C)cc4)c(=O)n3CC)n2)cc1CC(=O)O. The molecule has 8 nitrogen and oxygen atoms in total. The number of rotatable bonds is 12. The molecule has 0 saturated heterocycles. The second-order valence-corrected chi connectivity index (χ2v) is 11.2. The Kier molecular flexibility index (Phi) is 9.42. The van der Waals surface area contributed by atoms with E-state index >= 15 is 0 Å². The van der Waals surface area contributed by atoms with E-state index in [1.807, 2.05) is 50.2 Å². The molecule has 0 atom stereocenters. The molecule has 2 aromatic carbocycles. The van der Waals surface area contributed by atoms with Crippen LogP contribution in [0.2, 0.25) is 0 Å². The molecule has 0 unspecified atom stereocenters. The van der Waals surface area contributed by atoms with Gasteiger partial charge in [0.2, 0.25) is 0 Å². The molecule has 4 aromatic rings. The number of hydrogen-bond donors (Lipinski definition) is 1. The summed E-state index contributed by atoms with van der Waals surface area (Å²) >= 11 is 0. The second kappa shape index (κ2) is 13.0. The van der Waals surface area contributed by atoms with Crippen LogP contribution in [0.4, 0.5) is 0 Å². The molecule has 0 aliphatic rings. The highest BCUT2D eigenvalue weighted by Gasteiger charge is 2.16. The number of aromatic nitrogens is 4. The Morgan fingerprint density at radius 1 is 1.00 bits per heavy atom. The number of pyridine rings is 1. The summed E-state index contributed by atoms with van der Waals surface area (Å²) in [5.74, 6) is 0.458. The molecule has 8 heteroatoms. The van der Waals surface area contributed by atoms with E-state index in [4.69, 9.17) is 9.72 Å². The van der Waals surface area contributed by atoms with Crippen LogP contribution in [0.15, 0.2) is 65.5 Å². The van der Waals surface area contributed by atoms with Crippen molar-refractivity contribution >= 4 is 5.97 Å². The van der Waals surface area contributed by atoms with Crippen LogP contribution >= 0.6 is 0 Å². The zero-order valence-electron chi connectivity index (χ0n) is 24.7. The Morgan fingerprint density at radius 3 is 2.41 bits per heavy atom. The van der Waals surface area contributed by atoms with Crippen molar-refractivity contribution in [3.8, 4) is 17.0 Å². The summed E-state index contributed by atoms with van der Waals surface area (Å²) < 4.78 is 8.92. The highest BCUT2D eigenvalue weighted by atomic mass is 16.5. The van der Waals surface area contributed by atoms with Crippen molar-refractivity contribution < 1.29 is 14.6 Å². The average Bonchev–Trinajstić information content (AvgIpc) is 3.23. The van der Waals surface area contributed by atoms with E-state index in [0.717, 1.165) is 41.2 Å². The van der Waals surface area contributed by atoms with E-state index in [2.05, 4.69) is 50.1 Å². The maximum Gasteiger partial charge on any atom is 0.346 e. The van der Waals surface area contributed by atoms with Gasteiger partial charge in [0.1, 0.15) is 11.6 Å². The normalized spacial score (nSPS) is 11.5. The van der Waals surface area contributed by atoms with Crippen molar-refractivity contribution in [2.75, 3.05) is 6.61 Å². The quantitative estimate of drug-likeness (QED) is 0.241. The van der Waals surface area contributed by atoms with Gasteiger partial charge in [-0.3, -0.25) is 14.3 Å². The number of aliphatic carboxylic acids is 1. The largest absolute Gasteiger partial charge is 0.494 e. The molecule has 2 aromatic heterocycles. The maximum atomic E-state index is 13.1. The van der Waals surface area contributed by atoms with Crippen LogP contribution in [0, 0.1) is 0 Å². The summed E-state index contributed by atoms with van der Waals surface area (Å²) in [5, 5.41) is 14.0. The highest BCUT2D eigenvalue weighted by molar-refractivity contribution is 5.73. The fourth-order valence-corrected chi connectivity index (χ4v) is 4.92. The number of carboxylic acids is 1. The van der Waals surface area contributed by atoms with Gasteiger partial charge in [-0.1, -0.05) is 51.1 Å². The van der Waals surface area contributed by atoms with Gasteiger partial charge in [-0.05, 0) is 73.6 Å². The zero-order chi connectivity index (χ0) is 29.6. The van der Waals surface area contributed by atoms with E-state index in [-0.39, 0.29) is 17.5 Å². The number of carboxylic acid groups (broad SMARTS) is 1. The van der Waals surface area contributed by atoms with E-state index in [0.29, 0.717) is 37.4 Å². The van der Waals surface area contributed by atoms with Gasteiger partial charge < -0.3 is 9.84 Å². The lowest BCUT2D eigenvalue weighted by Crippen LogP contribution is -2.25. The maximum absolute atomic E-state index is 13.1. The third kappa shape index (κ3) is 7.51. The van der Waals surface area contributed by atoms with E-state index in [9.17, 15) is 14.7 Å². The molecule has 41 heavy (non-hydrogen) atoms. The summed E-state index contributed by atoms with van der Waals surface area (Å²) in [5.41, 5.74) is 5.49. The zero-order valence-corrected chi connectivity index (χ0v) is 24.7. The fourth-order valence-electron chi connectivity index (χ4n) is 4.92. The van der Waals surface area contributed by atoms with Gasteiger partial charge in [-0.25, -0.2) is 9.48 Å². The lowest BCUT2D eigenvalue weighted by Gasteiger charge is -2.19. The molecule has 2 heterocycles. The summed E-state index contributed by atoms with van der Waals surface area (Å²) in [6, 6.07) is 19.8. The molecule has 0 saturated carbocycles. The Labute approximate surface area is 241 Å². The molecule has 0 fully saturated rings. The molecule has 4 rings (SSSR count). The number of hydrogen-bond acceptors (Lipinski definition) is 5. The van der Waals surface area contributed by atoms with Crippen molar-refractivity contribution in [2.45, 2.75) is 78.8 Å². The molecule has 0 aliphatic heterocycles. The Bertz CT molecular complexity index is 1540. The van der Waals surface area contributed by atoms with Crippen LogP contribution in [-0.4, -0.2) is 37.0 Å². The lowest BCUT2D eigenvalue weighted by molar-refractivity contribution is -0.136. The van der Waals surface area contributed by atoms with Crippen molar-refractivity contribution in [1.29, 1.82) is 0 Å². The van der Waals surface area contributed by atoms with Crippen LogP contribution in [-0.2, 0) is 42.6 Å². The van der Waals surface area contributed by atoms with Crippen molar-refractivity contribution in [2.24, 2.45) is 0 Å². The minimum atomic E-state index is -0.906. The van der Waals surface area contributed by atoms with Gasteiger partial charge in [-0.15, -0.1) is 0 Å². The Hall–Kier alpha value is -4.20. The number of ether oxygens (including phenoxy) is 1. The van der Waals surface area contributed by atoms with Gasteiger partial charge in [0.15, 0.2) is 0 Å². The molecule has 1 N–H and O–H groups in total. The fraction of sp³-hybridized carbons (Fsp3) is 0.394. The predicted molar refractivity (Wildman–Crippen MR) is 161 cm³/mol. The summed E-state index contributed by atoms with van der Waals surface area (Å²) in [6.45, 7) is 11.9. The molecule has 0 amide bonds. The van der Waals surface area contributed by atoms with Gasteiger partial charge in [-0.2, -0.15) is 5.10 Å². The molecule has 0 spiro atoms. The van der Waals surface area contributed by atoms with Crippen molar-refractivity contribution in [3.05, 3.63) is 99.4 Å². The van der Waals surface area contributed by atoms with Crippen LogP contribution in [0.5, 0.6) is 5.75 Å². The predicted octanol–water partition coefficient (Wildman–Crippen LogP) is 5.67. The molecular weight excluding hydrogens is 516 g/mol. The number of benzene rings is 2. The topological polar surface area (TPSA) is 99.2 Å². The Morgan fingerprint density at radius 2 is 1.76 bits per heavy atom. The smallest absolute Gasteiger partial charge is 0.346 e. The Balaban J connectivity index is 1.45. The number of nitrogens with zero attached hydrogens (tertiary/aromatic N) is 4. The van der Waals surface area contributed by atoms with E-state index < -0.39 is 5.97 Å². The first kappa shape index (κ1) is 29.8. The van der Waals surface area contributed by atoms with Crippen molar-refractivity contribution in [3.63, 3.8) is 0 Å². The van der Waals surface area contributed by atoms with Crippen LogP contribution in [0.3, 0.4) is 0 Å². The van der Waals surface area contributed by atoms with Gasteiger partial charge in [0.05, 0.1) is 25.3 Å². The minimum Gasteiger partial charge on any atom is -0.494 e. The lowest BCUT2D eigenvalue weighted by atomic mass is 9.87. The van der Waals surface area contributed by atoms with Crippen LogP contribution in [0.25, 0.3) is 11.3 Å². The first-order valence-electron chi connectivity index (χ1n) is 14.3. The van der Waals surface area contributed by atoms with Gasteiger partial charge in [0, 0.05) is 29.8 Å². The standard InChI is InChI=1S/C33H40N4O4/c1-6-36-30(35-37(32(36)40)22-23-14-17-26(18-15-23)33(3,4)5)13-9-11-27-10-8-12-28(34-27)24-16-19-29(41-7-2)25(20-24)21-31(38)39/h8,10,12,14-20H,6-7,9,11,13,21-22H2,1-5H3,(H,38,39). The summed E-state index contributed by atoms with van der Waals surface area (Å²) in [6.07, 6.45) is 2.07. The third-order valence-electron chi connectivity index (χ3n) is 7.11. The number of carbonyl (C=O) groups is 1. The molecule has 0 radical (unpaired) electrons. The van der Waals surface area contributed by atoms with Crippen LogP contribution < -0.4 is 10.4 Å². The molecule has 0 bridgehead atoms. The molecule has 216 valence electrons. The first-order valence-corrected chi connectivity index (χ1v) is 14.3. The van der Waals surface area contributed by atoms with E-state index in [1.54, 1.807) is 9.25 Å². The first-order chi connectivity index (χ1) is 19.6. The third-order valence-corrected chi connectivity index (χ3v) is 7.11. The molecular formula is C33H40N4O4. The molecule has 0 aliphatic carbocycles. The second-order valence-electron chi connectivity index (χ2n) is 11.2. The van der Waals surface area contributed by atoms with E-state index in [1.165, 1.54) is 5.56 Å². The monoisotopic (exact) mass is 556 g/mol. The van der Waals surface area contributed by atoms with Crippen molar-refractivity contribution in [1.82, 2.24) is 19.3 Å². The summed E-state index contributed by atoms with van der Waals surface area (Å²) in [4.78, 5) is 29.3. The minimum absolute atomic E-state index is 0.0816. The average molecular weight is 557 g/mol. The number of aryl methyl sites for hydroxylation is 2.